The molecule has 0 radical (unpaired) electrons. The first kappa shape index (κ1) is 24.8. The SMILES string of the molecule is COc1ccc(C(=O)COC(=O)c2ccccc2NS(=O)(=O)c2cc(C)ccc2C)c(OC)c1. The van der Waals surface area contributed by atoms with E-state index in [-0.39, 0.29) is 27.5 Å². The topological polar surface area (TPSA) is 108 Å². The number of carbonyl (C=O) groups excluding carboxylic acids is 2. The minimum Gasteiger partial charge on any atom is -0.497 e. The zero-order valence-corrected chi connectivity index (χ0v) is 20.1. The van der Waals surface area contributed by atoms with E-state index in [9.17, 15) is 18.0 Å². The molecule has 178 valence electrons. The molecule has 9 heteroatoms. The van der Waals surface area contributed by atoms with Crippen molar-refractivity contribution in [2.45, 2.75) is 18.7 Å². The number of rotatable bonds is 9. The molecule has 0 aliphatic carbocycles. The molecule has 0 fully saturated rings. The summed E-state index contributed by atoms with van der Waals surface area (Å²) in [5.41, 5.74) is 1.59. The number of sulfonamides is 1. The highest BCUT2D eigenvalue weighted by atomic mass is 32.2. The van der Waals surface area contributed by atoms with E-state index >= 15 is 0 Å². The summed E-state index contributed by atoms with van der Waals surface area (Å²) in [6.07, 6.45) is 0. The first-order valence-corrected chi connectivity index (χ1v) is 11.8. The standard InChI is InChI=1S/C25H25NO7S/c1-16-9-10-17(2)24(13-16)34(29,30)26-21-8-6-5-7-19(21)25(28)33-15-22(27)20-12-11-18(31-3)14-23(20)32-4/h5-14,26H,15H2,1-4H3. The van der Waals surface area contributed by atoms with Crippen molar-refractivity contribution in [3.8, 4) is 11.5 Å². The van der Waals surface area contributed by atoms with Crippen LogP contribution < -0.4 is 14.2 Å². The number of hydrogen-bond donors (Lipinski definition) is 1. The molecule has 3 rings (SSSR count). The van der Waals surface area contributed by atoms with Gasteiger partial charge in [0, 0.05) is 6.07 Å². The summed E-state index contributed by atoms with van der Waals surface area (Å²) in [6, 6.07) is 15.8. The van der Waals surface area contributed by atoms with Gasteiger partial charge in [0.25, 0.3) is 10.0 Å². The fourth-order valence-electron chi connectivity index (χ4n) is 3.26. The molecule has 0 heterocycles. The van der Waals surface area contributed by atoms with Crippen molar-refractivity contribution in [2.75, 3.05) is 25.5 Å². The van der Waals surface area contributed by atoms with Gasteiger partial charge >= 0.3 is 5.97 Å². The number of carbonyl (C=O) groups is 2. The fourth-order valence-corrected chi connectivity index (χ4v) is 4.67. The van der Waals surface area contributed by atoms with Crippen molar-refractivity contribution in [3.05, 3.63) is 82.9 Å². The van der Waals surface area contributed by atoms with E-state index in [4.69, 9.17) is 14.2 Å². The fraction of sp³-hybridized carbons (Fsp3) is 0.200. The van der Waals surface area contributed by atoms with Crippen LogP contribution in [0.3, 0.4) is 0 Å². The average Bonchev–Trinajstić information content (AvgIpc) is 2.83. The zero-order chi connectivity index (χ0) is 24.9. The second-order valence-corrected chi connectivity index (χ2v) is 9.14. The number of ether oxygens (including phenoxy) is 3. The second-order valence-electron chi connectivity index (χ2n) is 7.49. The van der Waals surface area contributed by atoms with E-state index in [1.807, 2.05) is 6.07 Å². The number of nitrogens with one attached hydrogen (secondary N) is 1. The molecule has 3 aromatic carbocycles. The van der Waals surface area contributed by atoms with Crippen LogP contribution in [0.5, 0.6) is 11.5 Å². The summed E-state index contributed by atoms with van der Waals surface area (Å²) in [5.74, 6) is -0.543. The molecular formula is C25H25NO7S. The van der Waals surface area contributed by atoms with E-state index in [0.717, 1.165) is 5.56 Å². The molecule has 34 heavy (non-hydrogen) atoms. The molecule has 0 spiro atoms. The summed E-state index contributed by atoms with van der Waals surface area (Å²) < 4.78 is 43.9. The van der Waals surface area contributed by atoms with E-state index < -0.39 is 28.4 Å². The van der Waals surface area contributed by atoms with Gasteiger partial charge in [0.05, 0.1) is 35.9 Å². The predicted octanol–water partition coefficient (Wildman–Crippen LogP) is 4.16. The molecule has 0 saturated heterocycles. The van der Waals surface area contributed by atoms with Gasteiger partial charge in [0.2, 0.25) is 5.78 Å². The van der Waals surface area contributed by atoms with E-state index in [1.165, 1.54) is 32.4 Å². The summed E-state index contributed by atoms with van der Waals surface area (Å²) in [4.78, 5) is 25.5. The highest BCUT2D eigenvalue weighted by Crippen LogP contribution is 2.26. The molecule has 0 unspecified atom stereocenters. The number of aryl methyl sites for hydroxylation is 2. The lowest BCUT2D eigenvalue weighted by molar-refractivity contribution is 0.0475. The molecular weight excluding hydrogens is 458 g/mol. The Morgan fingerprint density at radius 2 is 1.62 bits per heavy atom. The molecule has 0 aliphatic heterocycles. The quantitative estimate of drug-likeness (QED) is 0.360. The van der Waals surface area contributed by atoms with Gasteiger partial charge in [-0.15, -0.1) is 0 Å². The van der Waals surface area contributed by atoms with E-state index in [0.29, 0.717) is 11.3 Å². The number of Topliss-reactive ketones (excluding diaryl/α,β-unsaturated/α-hetero) is 1. The smallest absolute Gasteiger partial charge is 0.340 e. The Balaban J connectivity index is 1.79. The maximum absolute atomic E-state index is 13.0. The Bertz CT molecular complexity index is 1330. The lowest BCUT2D eigenvalue weighted by Gasteiger charge is -2.14. The molecule has 0 aliphatic rings. The molecule has 0 amide bonds. The Hall–Kier alpha value is -3.85. The summed E-state index contributed by atoms with van der Waals surface area (Å²) in [5, 5.41) is 0. The van der Waals surface area contributed by atoms with Crippen molar-refractivity contribution in [1.82, 2.24) is 0 Å². The first-order chi connectivity index (χ1) is 16.2. The number of ketones is 1. The van der Waals surface area contributed by atoms with Crippen molar-refractivity contribution in [3.63, 3.8) is 0 Å². The monoisotopic (exact) mass is 483 g/mol. The van der Waals surface area contributed by atoms with Crippen LogP contribution >= 0.6 is 0 Å². The molecule has 8 nitrogen and oxygen atoms in total. The predicted molar refractivity (Wildman–Crippen MR) is 127 cm³/mol. The van der Waals surface area contributed by atoms with Crippen LogP contribution in [-0.2, 0) is 14.8 Å². The first-order valence-electron chi connectivity index (χ1n) is 10.3. The summed E-state index contributed by atoms with van der Waals surface area (Å²) >= 11 is 0. The molecule has 1 N–H and O–H groups in total. The average molecular weight is 484 g/mol. The van der Waals surface area contributed by atoms with Crippen LogP contribution in [0.4, 0.5) is 5.69 Å². The number of esters is 1. The van der Waals surface area contributed by atoms with Gasteiger partial charge in [-0.05, 0) is 55.3 Å². The minimum atomic E-state index is -3.97. The van der Waals surface area contributed by atoms with Gasteiger partial charge in [-0.1, -0.05) is 24.3 Å². The van der Waals surface area contributed by atoms with Crippen LogP contribution in [0, 0.1) is 13.8 Å². The van der Waals surface area contributed by atoms with Gasteiger partial charge in [-0.2, -0.15) is 0 Å². The highest BCUT2D eigenvalue weighted by molar-refractivity contribution is 7.92. The Morgan fingerprint density at radius 3 is 2.32 bits per heavy atom. The number of methoxy groups -OCH3 is 2. The summed E-state index contributed by atoms with van der Waals surface area (Å²) in [6.45, 7) is 2.92. The van der Waals surface area contributed by atoms with Crippen LogP contribution in [0.2, 0.25) is 0 Å². The van der Waals surface area contributed by atoms with E-state index in [1.54, 1.807) is 50.2 Å². The zero-order valence-electron chi connectivity index (χ0n) is 19.2. The lowest BCUT2D eigenvalue weighted by atomic mass is 10.1. The van der Waals surface area contributed by atoms with Crippen molar-refractivity contribution >= 4 is 27.5 Å². The Kier molecular flexibility index (Phi) is 7.57. The van der Waals surface area contributed by atoms with E-state index in [2.05, 4.69) is 4.72 Å². The van der Waals surface area contributed by atoms with Gasteiger partial charge in [-0.3, -0.25) is 9.52 Å². The maximum atomic E-state index is 13.0. The maximum Gasteiger partial charge on any atom is 0.340 e. The molecule has 3 aromatic rings. The Labute approximate surface area is 198 Å². The third-order valence-corrected chi connectivity index (χ3v) is 6.58. The minimum absolute atomic E-state index is 0.0223. The van der Waals surface area contributed by atoms with Crippen molar-refractivity contribution < 1.29 is 32.2 Å². The van der Waals surface area contributed by atoms with Gasteiger partial charge < -0.3 is 14.2 Å². The highest BCUT2D eigenvalue weighted by Gasteiger charge is 2.22. The Morgan fingerprint density at radius 1 is 0.882 bits per heavy atom. The summed E-state index contributed by atoms with van der Waals surface area (Å²) in [7, 11) is -1.06. The van der Waals surface area contributed by atoms with Gasteiger partial charge in [0.15, 0.2) is 6.61 Å². The largest absolute Gasteiger partial charge is 0.497 e. The number of hydrogen-bond acceptors (Lipinski definition) is 7. The van der Waals surface area contributed by atoms with Crippen LogP contribution in [-0.4, -0.2) is 41.0 Å². The van der Waals surface area contributed by atoms with Gasteiger partial charge in [0.1, 0.15) is 11.5 Å². The lowest BCUT2D eigenvalue weighted by Crippen LogP contribution is -2.19. The normalized spacial score (nSPS) is 10.9. The third-order valence-electron chi connectivity index (χ3n) is 5.07. The van der Waals surface area contributed by atoms with Gasteiger partial charge in [-0.25, -0.2) is 13.2 Å². The molecule has 0 aromatic heterocycles. The van der Waals surface area contributed by atoms with Crippen LogP contribution in [0.1, 0.15) is 31.8 Å². The third kappa shape index (κ3) is 5.55. The van der Waals surface area contributed by atoms with Crippen LogP contribution in [0.25, 0.3) is 0 Å². The molecule has 0 atom stereocenters. The van der Waals surface area contributed by atoms with Crippen molar-refractivity contribution in [1.29, 1.82) is 0 Å². The van der Waals surface area contributed by atoms with Crippen molar-refractivity contribution in [2.24, 2.45) is 0 Å². The second kappa shape index (κ2) is 10.4. The molecule has 0 saturated carbocycles. The van der Waals surface area contributed by atoms with Crippen LogP contribution in [0.15, 0.2) is 65.6 Å². The number of para-hydroxylation sites is 1. The number of anilines is 1. The number of benzene rings is 3. The molecule has 0 bridgehead atoms.